The van der Waals surface area contributed by atoms with E-state index in [-0.39, 0.29) is 21.3 Å². The number of para-hydroxylation sites is 1. The zero-order valence-electron chi connectivity index (χ0n) is 11.1. The standard InChI is InChI=1S/C15H13Cl2F2NO/c1-15(8-21,20-14-5-3-2-4-12(14)18)9-6-13(19)11(17)7-10(9)16/h2-7,20-21H,8H2,1H3. The summed E-state index contributed by atoms with van der Waals surface area (Å²) in [6, 6.07) is 8.38. The van der Waals surface area contributed by atoms with E-state index in [0.29, 0.717) is 0 Å². The predicted molar refractivity (Wildman–Crippen MR) is 80.9 cm³/mol. The maximum atomic E-state index is 13.7. The van der Waals surface area contributed by atoms with Crippen molar-refractivity contribution in [1.82, 2.24) is 0 Å². The minimum absolute atomic E-state index is 0.116. The summed E-state index contributed by atoms with van der Waals surface area (Å²) in [7, 11) is 0. The van der Waals surface area contributed by atoms with Gasteiger partial charge in [-0.1, -0.05) is 35.3 Å². The van der Waals surface area contributed by atoms with Gasteiger partial charge in [-0.2, -0.15) is 0 Å². The molecule has 0 radical (unpaired) electrons. The van der Waals surface area contributed by atoms with E-state index in [1.165, 1.54) is 18.2 Å². The molecule has 0 heterocycles. The van der Waals surface area contributed by atoms with E-state index in [1.54, 1.807) is 19.1 Å². The highest BCUT2D eigenvalue weighted by Crippen LogP contribution is 2.34. The molecule has 0 aliphatic heterocycles. The van der Waals surface area contributed by atoms with Crippen molar-refractivity contribution >= 4 is 28.9 Å². The molecule has 0 amide bonds. The molecule has 0 bridgehead atoms. The molecule has 0 fully saturated rings. The molecule has 2 aromatic carbocycles. The lowest BCUT2D eigenvalue weighted by Gasteiger charge is -2.31. The van der Waals surface area contributed by atoms with Crippen LogP contribution >= 0.6 is 23.2 Å². The van der Waals surface area contributed by atoms with Crippen LogP contribution in [0.1, 0.15) is 12.5 Å². The zero-order chi connectivity index (χ0) is 15.6. The van der Waals surface area contributed by atoms with E-state index < -0.39 is 23.8 Å². The van der Waals surface area contributed by atoms with Gasteiger partial charge in [0.1, 0.15) is 11.6 Å². The Labute approximate surface area is 131 Å². The summed E-state index contributed by atoms with van der Waals surface area (Å²) in [6.45, 7) is 1.18. The van der Waals surface area contributed by atoms with Crippen LogP contribution in [0.2, 0.25) is 10.0 Å². The largest absolute Gasteiger partial charge is 0.394 e. The normalized spacial score (nSPS) is 13.8. The molecule has 0 saturated carbocycles. The van der Waals surface area contributed by atoms with Gasteiger partial charge in [0.05, 0.1) is 22.9 Å². The smallest absolute Gasteiger partial charge is 0.146 e. The van der Waals surface area contributed by atoms with Crippen molar-refractivity contribution in [2.75, 3.05) is 11.9 Å². The second kappa shape index (κ2) is 6.18. The molecule has 0 aromatic heterocycles. The Morgan fingerprint density at radius 1 is 1.10 bits per heavy atom. The second-order valence-corrected chi connectivity index (χ2v) is 5.66. The topological polar surface area (TPSA) is 32.3 Å². The van der Waals surface area contributed by atoms with Crippen LogP contribution in [0.5, 0.6) is 0 Å². The molecule has 1 unspecified atom stereocenters. The Kier molecular flexibility index (Phi) is 4.71. The van der Waals surface area contributed by atoms with Crippen molar-refractivity contribution in [3.63, 3.8) is 0 Å². The van der Waals surface area contributed by atoms with Crippen LogP contribution < -0.4 is 5.32 Å². The number of benzene rings is 2. The third-order valence-corrected chi connectivity index (χ3v) is 3.81. The fourth-order valence-electron chi connectivity index (χ4n) is 2.00. The summed E-state index contributed by atoms with van der Waals surface area (Å²) >= 11 is 11.7. The van der Waals surface area contributed by atoms with Gasteiger partial charge in [-0.15, -0.1) is 0 Å². The number of halogens is 4. The molecule has 1 atom stereocenters. The van der Waals surface area contributed by atoms with Crippen molar-refractivity contribution in [3.8, 4) is 0 Å². The van der Waals surface area contributed by atoms with Crippen LogP contribution in [0.25, 0.3) is 0 Å². The Hall–Kier alpha value is -1.36. The second-order valence-electron chi connectivity index (χ2n) is 4.84. The van der Waals surface area contributed by atoms with Crippen molar-refractivity contribution < 1.29 is 13.9 Å². The summed E-state index contributed by atoms with van der Waals surface area (Å²) in [4.78, 5) is 0. The lowest BCUT2D eigenvalue weighted by molar-refractivity contribution is 0.223. The maximum absolute atomic E-state index is 13.7. The van der Waals surface area contributed by atoms with Crippen LogP contribution in [0.15, 0.2) is 36.4 Å². The fourth-order valence-corrected chi connectivity index (χ4v) is 2.59. The molecule has 21 heavy (non-hydrogen) atoms. The number of nitrogens with one attached hydrogen (secondary N) is 1. The number of rotatable bonds is 4. The molecule has 0 aliphatic carbocycles. The first-order chi connectivity index (χ1) is 9.87. The average molecular weight is 332 g/mol. The SMILES string of the molecule is CC(CO)(Nc1ccccc1F)c1cc(F)c(Cl)cc1Cl. The Morgan fingerprint density at radius 3 is 2.38 bits per heavy atom. The van der Waals surface area contributed by atoms with E-state index >= 15 is 0 Å². The zero-order valence-corrected chi connectivity index (χ0v) is 12.6. The number of aliphatic hydroxyl groups is 1. The predicted octanol–water partition coefficient (Wildman–Crippen LogP) is 4.59. The van der Waals surface area contributed by atoms with E-state index in [0.717, 1.165) is 6.07 Å². The van der Waals surface area contributed by atoms with Crippen molar-refractivity contribution in [1.29, 1.82) is 0 Å². The molecule has 2 N–H and O–H groups in total. The highest BCUT2D eigenvalue weighted by atomic mass is 35.5. The minimum atomic E-state index is -1.16. The number of hydrogen-bond acceptors (Lipinski definition) is 2. The maximum Gasteiger partial charge on any atom is 0.146 e. The highest BCUT2D eigenvalue weighted by Gasteiger charge is 2.30. The molecule has 2 nitrogen and oxygen atoms in total. The van der Waals surface area contributed by atoms with Gasteiger partial charge in [0.15, 0.2) is 0 Å². The fraction of sp³-hybridized carbons (Fsp3) is 0.200. The van der Waals surface area contributed by atoms with Gasteiger partial charge in [0, 0.05) is 10.6 Å². The van der Waals surface area contributed by atoms with Gasteiger partial charge in [0.2, 0.25) is 0 Å². The van der Waals surface area contributed by atoms with Crippen LogP contribution in [-0.2, 0) is 5.54 Å². The molecule has 0 saturated heterocycles. The summed E-state index contributed by atoms with van der Waals surface area (Å²) in [5.41, 5.74) is -0.692. The Morgan fingerprint density at radius 2 is 1.76 bits per heavy atom. The molecule has 6 heteroatoms. The summed E-state index contributed by atoms with van der Waals surface area (Å²) < 4.78 is 27.4. The van der Waals surface area contributed by atoms with Gasteiger partial charge in [-0.3, -0.25) is 0 Å². The third-order valence-electron chi connectivity index (χ3n) is 3.21. The van der Waals surface area contributed by atoms with E-state index in [4.69, 9.17) is 23.2 Å². The quantitative estimate of drug-likeness (QED) is 0.803. The molecule has 0 aliphatic rings. The lowest BCUT2D eigenvalue weighted by Crippen LogP contribution is -2.36. The molecular formula is C15H13Cl2F2NO. The van der Waals surface area contributed by atoms with E-state index in [1.807, 2.05) is 0 Å². The monoisotopic (exact) mass is 331 g/mol. The third kappa shape index (κ3) is 3.28. The first-order valence-corrected chi connectivity index (χ1v) is 6.91. The van der Waals surface area contributed by atoms with Gasteiger partial charge in [-0.05, 0) is 31.2 Å². The van der Waals surface area contributed by atoms with Crippen LogP contribution in [-0.4, -0.2) is 11.7 Å². The van der Waals surface area contributed by atoms with Gasteiger partial charge < -0.3 is 10.4 Å². The van der Waals surface area contributed by atoms with E-state index in [2.05, 4.69) is 5.32 Å². The summed E-state index contributed by atoms with van der Waals surface area (Å²) in [6.07, 6.45) is 0. The molecule has 112 valence electrons. The minimum Gasteiger partial charge on any atom is -0.394 e. The number of aliphatic hydroxyl groups excluding tert-OH is 1. The van der Waals surface area contributed by atoms with Crippen molar-refractivity contribution in [3.05, 3.63) is 63.6 Å². The van der Waals surface area contributed by atoms with Crippen LogP contribution in [0, 0.1) is 11.6 Å². The Balaban J connectivity index is 2.47. The van der Waals surface area contributed by atoms with Gasteiger partial charge in [0.25, 0.3) is 0 Å². The summed E-state index contributed by atoms with van der Waals surface area (Å²) in [5, 5.41) is 12.6. The van der Waals surface area contributed by atoms with Crippen molar-refractivity contribution in [2.45, 2.75) is 12.5 Å². The van der Waals surface area contributed by atoms with Crippen LogP contribution in [0.4, 0.5) is 14.5 Å². The summed E-state index contributed by atoms with van der Waals surface area (Å²) in [5.74, 6) is -1.14. The van der Waals surface area contributed by atoms with E-state index in [9.17, 15) is 13.9 Å². The number of hydrogen-bond donors (Lipinski definition) is 2. The first-order valence-electron chi connectivity index (χ1n) is 6.16. The molecule has 0 spiro atoms. The lowest BCUT2D eigenvalue weighted by atomic mass is 9.92. The molecule has 2 aromatic rings. The van der Waals surface area contributed by atoms with Crippen molar-refractivity contribution in [2.24, 2.45) is 0 Å². The molecule has 2 rings (SSSR count). The van der Waals surface area contributed by atoms with Crippen LogP contribution in [0.3, 0.4) is 0 Å². The van der Waals surface area contributed by atoms with Gasteiger partial charge in [-0.25, -0.2) is 8.78 Å². The average Bonchev–Trinajstić information content (AvgIpc) is 2.45. The highest BCUT2D eigenvalue weighted by molar-refractivity contribution is 6.35. The molecular weight excluding hydrogens is 319 g/mol. The Bertz CT molecular complexity index is 666. The number of anilines is 1. The van der Waals surface area contributed by atoms with Gasteiger partial charge >= 0.3 is 0 Å². The first kappa shape index (κ1) is 16.0.